The average molecular weight is 497 g/mol. The van der Waals surface area contributed by atoms with Crippen LogP contribution in [-0.2, 0) is 10.0 Å². The fourth-order valence-corrected chi connectivity index (χ4v) is 4.27. The molecule has 0 saturated carbocycles. The average Bonchev–Trinajstić information content (AvgIpc) is 2.79. The van der Waals surface area contributed by atoms with E-state index in [0.717, 1.165) is 4.31 Å². The van der Waals surface area contributed by atoms with Gasteiger partial charge in [0, 0.05) is 12.7 Å². The van der Waals surface area contributed by atoms with Crippen molar-refractivity contribution in [3.05, 3.63) is 77.3 Å². The van der Waals surface area contributed by atoms with Crippen molar-refractivity contribution in [1.82, 2.24) is 0 Å². The van der Waals surface area contributed by atoms with Gasteiger partial charge in [-0.3, -0.25) is 9.10 Å². The maximum atomic E-state index is 13.1. The second-order valence-corrected chi connectivity index (χ2v) is 9.05. The smallest absolute Gasteiger partial charge is 0.387 e. The number of ether oxygens (including phenoxy) is 2. The van der Waals surface area contributed by atoms with E-state index in [-0.39, 0.29) is 26.9 Å². The van der Waals surface area contributed by atoms with Crippen LogP contribution in [-0.4, -0.2) is 35.1 Å². The molecule has 0 spiro atoms. The van der Waals surface area contributed by atoms with Crippen molar-refractivity contribution in [2.24, 2.45) is 0 Å². The number of anilines is 2. The molecule has 3 aromatic carbocycles. The first kappa shape index (κ1) is 24.3. The highest BCUT2D eigenvalue weighted by Gasteiger charge is 2.24. The van der Waals surface area contributed by atoms with Crippen LogP contribution < -0.4 is 19.1 Å². The van der Waals surface area contributed by atoms with Crippen molar-refractivity contribution < 1.29 is 31.5 Å². The minimum atomic E-state index is -4.01. The number of hydrogen-bond donors (Lipinski definition) is 1. The minimum absolute atomic E-state index is 0.0382. The quantitative estimate of drug-likeness (QED) is 0.473. The van der Waals surface area contributed by atoms with Gasteiger partial charge in [0.25, 0.3) is 15.9 Å². The standard InChI is InChI=1S/C22H19ClF2N2O5S/c1-27(15-5-9-16(31-2)10-6-15)33(29,30)18-11-12-20(23)19(13-18)21(28)26-14-3-7-17(8-4-14)32-22(24)25/h3-13,22H,1-2H3,(H,26,28). The Morgan fingerprint density at radius 2 is 1.61 bits per heavy atom. The Labute approximate surface area is 194 Å². The molecule has 3 aromatic rings. The molecule has 0 aliphatic rings. The number of rotatable bonds is 8. The molecule has 11 heteroatoms. The summed E-state index contributed by atoms with van der Waals surface area (Å²) in [6, 6.07) is 15.4. The van der Waals surface area contributed by atoms with E-state index in [2.05, 4.69) is 10.1 Å². The summed E-state index contributed by atoms with van der Waals surface area (Å²) in [6.45, 7) is -2.97. The van der Waals surface area contributed by atoms with Crippen LogP contribution in [0.15, 0.2) is 71.6 Å². The van der Waals surface area contributed by atoms with E-state index >= 15 is 0 Å². The molecule has 0 bridgehead atoms. The van der Waals surface area contributed by atoms with E-state index in [1.165, 1.54) is 56.6 Å². The number of amides is 1. The summed E-state index contributed by atoms with van der Waals surface area (Å²) in [5.41, 5.74) is 0.595. The van der Waals surface area contributed by atoms with Crippen LogP contribution in [0.25, 0.3) is 0 Å². The Morgan fingerprint density at radius 3 is 2.18 bits per heavy atom. The van der Waals surface area contributed by atoms with Gasteiger partial charge < -0.3 is 14.8 Å². The van der Waals surface area contributed by atoms with Crippen LogP contribution in [0.5, 0.6) is 11.5 Å². The molecule has 0 atom stereocenters. The highest BCUT2D eigenvalue weighted by molar-refractivity contribution is 7.92. The summed E-state index contributed by atoms with van der Waals surface area (Å²) < 4.78 is 61.1. The number of sulfonamides is 1. The van der Waals surface area contributed by atoms with Gasteiger partial charge in [0.05, 0.1) is 28.3 Å². The topological polar surface area (TPSA) is 84.9 Å². The highest BCUT2D eigenvalue weighted by Crippen LogP contribution is 2.28. The Bertz CT molecular complexity index is 1240. The summed E-state index contributed by atoms with van der Waals surface area (Å²) >= 11 is 6.13. The zero-order chi connectivity index (χ0) is 24.2. The molecule has 0 fully saturated rings. The van der Waals surface area contributed by atoms with Gasteiger partial charge in [-0.15, -0.1) is 0 Å². The summed E-state index contributed by atoms with van der Waals surface area (Å²) in [5, 5.41) is 2.58. The number of carbonyl (C=O) groups is 1. The van der Waals surface area contributed by atoms with E-state index < -0.39 is 22.5 Å². The SMILES string of the molecule is COc1ccc(N(C)S(=O)(=O)c2ccc(Cl)c(C(=O)Nc3ccc(OC(F)F)cc3)c2)cc1. The van der Waals surface area contributed by atoms with Crippen LogP contribution in [0.1, 0.15) is 10.4 Å². The second kappa shape index (κ2) is 10.1. The Kier molecular flexibility index (Phi) is 7.39. The first-order valence-electron chi connectivity index (χ1n) is 9.40. The van der Waals surface area contributed by atoms with Crippen molar-refractivity contribution >= 4 is 38.9 Å². The van der Waals surface area contributed by atoms with Gasteiger partial charge in [0.15, 0.2) is 0 Å². The predicted molar refractivity (Wildman–Crippen MR) is 121 cm³/mol. The Hall–Kier alpha value is -3.37. The van der Waals surface area contributed by atoms with Crippen LogP contribution in [0.3, 0.4) is 0 Å². The van der Waals surface area contributed by atoms with Crippen molar-refractivity contribution in [2.45, 2.75) is 11.5 Å². The van der Waals surface area contributed by atoms with Crippen LogP contribution in [0.2, 0.25) is 5.02 Å². The van der Waals surface area contributed by atoms with E-state index in [9.17, 15) is 22.0 Å². The van der Waals surface area contributed by atoms with Gasteiger partial charge in [0.1, 0.15) is 11.5 Å². The molecule has 0 aliphatic heterocycles. The summed E-state index contributed by atoms with van der Waals surface area (Å²) in [5.74, 6) is -0.175. The molecule has 0 saturated heterocycles. The molecule has 3 rings (SSSR count). The van der Waals surface area contributed by atoms with Gasteiger partial charge in [0.2, 0.25) is 0 Å². The Morgan fingerprint density at radius 1 is 1.00 bits per heavy atom. The maximum Gasteiger partial charge on any atom is 0.387 e. The van der Waals surface area contributed by atoms with E-state index in [1.54, 1.807) is 24.3 Å². The molecule has 7 nitrogen and oxygen atoms in total. The number of methoxy groups -OCH3 is 1. The van der Waals surface area contributed by atoms with E-state index in [0.29, 0.717) is 11.4 Å². The van der Waals surface area contributed by atoms with Crippen molar-refractivity contribution in [3.63, 3.8) is 0 Å². The largest absolute Gasteiger partial charge is 0.497 e. The molecular weight excluding hydrogens is 478 g/mol. The zero-order valence-electron chi connectivity index (χ0n) is 17.5. The molecule has 0 heterocycles. The number of alkyl halides is 2. The lowest BCUT2D eigenvalue weighted by molar-refractivity contribution is -0.0498. The molecular formula is C22H19ClF2N2O5S. The number of hydrogen-bond acceptors (Lipinski definition) is 5. The first-order chi connectivity index (χ1) is 15.6. The van der Waals surface area contributed by atoms with Crippen molar-refractivity contribution in [1.29, 1.82) is 0 Å². The lowest BCUT2D eigenvalue weighted by Crippen LogP contribution is -2.27. The predicted octanol–water partition coefficient (Wildman–Crippen LogP) is 5.03. The Balaban J connectivity index is 1.83. The molecule has 0 aliphatic carbocycles. The van der Waals surface area contributed by atoms with Crippen molar-refractivity contribution in [3.8, 4) is 11.5 Å². The van der Waals surface area contributed by atoms with Gasteiger partial charge >= 0.3 is 6.61 Å². The third-order valence-electron chi connectivity index (χ3n) is 4.61. The fraction of sp³-hybridized carbons (Fsp3) is 0.136. The van der Waals surface area contributed by atoms with E-state index in [4.69, 9.17) is 16.3 Å². The molecule has 1 N–H and O–H groups in total. The number of benzene rings is 3. The normalized spacial score (nSPS) is 11.2. The third kappa shape index (κ3) is 5.71. The fourth-order valence-electron chi connectivity index (χ4n) is 2.85. The molecule has 33 heavy (non-hydrogen) atoms. The van der Waals surface area contributed by atoms with Crippen LogP contribution in [0.4, 0.5) is 20.2 Å². The molecule has 0 aromatic heterocycles. The van der Waals surface area contributed by atoms with Crippen LogP contribution in [0, 0.1) is 0 Å². The lowest BCUT2D eigenvalue weighted by atomic mass is 10.2. The second-order valence-electron chi connectivity index (χ2n) is 6.67. The van der Waals surface area contributed by atoms with Gasteiger partial charge in [-0.05, 0) is 66.7 Å². The number of carbonyl (C=O) groups excluding carboxylic acids is 1. The van der Waals surface area contributed by atoms with Crippen LogP contribution >= 0.6 is 11.6 Å². The van der Waals surface area contributed by atoms with Gasteiger partial charge in [-0.25, -0.2) is 8.42 Å². The zero-order valence-corrected chi connectivity index (χ0v) is 19.0. The number of nitrogens with zero attached hydrogens (tertiary/aromatic N) is 1. The number of nitrogens with one attached hydrogen (secondary N) is 1. The molecule has 0 unspecified atom stereocenters. The van der Waals surface area contributed by atoms with Gasteiger partial charge in [-0.1, -0.05) is 11.6 Å². The number of halogens is 3. The first-order valence-corrected chi connectivity index (χ1v) is 11.2. The third-order valence-corrected chi connectivity index (χ3v) is 6.73. The molecule has 0 radical (unpaired) electrons. The lowest BCUT2D eigenvalue weighted by Gasteiger charge is -2.20. The summed E-state index contributed by atoms with van der Waals surface area (Å²) in [4.78, 5) is 12.6. The minimum Gasteiger partial charge on any atom is -0.497 e. The maximum absolute atomic E-state index is 13.1. The summed E-state index contributed by atoms with van der Waals surface area (Å²) in [7, 11) is -1.12. The van der Waals surface area contributed by atoms with Crippen molar-refractivity contribution in [2.75, 3.05) is 23.8 Å². The highest BCUT2D eigenvalue weighted by atomic mass is 35.5. The molecule has 1 amide bonds. The molecule has 174 valence electrons. The van der Waals surface area contributed by atoms with E-state index in [1.807, 2.05) is 0 Å². The monoisotopic (exact) mass is 496 g/mol. The van der Waals surface area contributed by atoms with Gasteiger partial charge in [-0.2, -0.15) is 8.78 Å². The summed E-state index contributed by atoms with van der Waals surface area (Å²) in [6.07, 6.45) is 0.